The van der Waals surface area contributed by atoms with Crippen LogP contribution in [0.25, 0.3) is 0 Å². The maximum absolute atomic E-state index is 4.57. The van der Waals surface area contributed by atoms with Gasteiger partial charge in [0, 0.05) is 31.6 Å². The Hall–Kier alpha value is -1.94. The van der Waals surface area contributed by atoms with E-state index in [-0.39, 0.29) is 0 Å². The number of fused-ring (bicyclic) bond motifs is 1. The molecule has 0 atom stereocenters. The van der Waals surface area contributed by atoms with Crippen LogP contribution in [-0.4, -0.2) is 16.5 Å². The molecule has 0 saturated heterocycles. The Morgan fingerprint density at radius 3 is 2.90 bits per heavy atom. The number of rotatable bonds is 3. The molecule has 0 spiro atoms. The first-order valence-electron chi connectivity index (χ1n) is 7.09. The first-order chi connectivity index (χ1) is 9.74. The standard InChI is InChI=1S/C16H20N4/c1-11-5-3-4-6-13(11)9-18-16-14-10-17-8-7-15(14)19-12(2)20-16/h3-6,17H,7-10H2,1-2H3,(H,18,19,20). The topological polar surface area (TPSA) is 49.8 Å². The molecule has 0 amide bonds. The van der Waals surface area contributed by atoms with Crippen molar-refractivity contribution in [2.75, 3.05) is 11.9 Å². The number of aromatic nitrogens is 2. The Balaban J connectivity index is 1.84. The summed E-state index contributed by atoms with van der Waals surface area (Å²) in [6.45, 7) is 6.75. The molecule has 0 saturated carbocycles. The van der Waals surface area contributed by atoms with Crippen LogP contribution in [0.1, 0.15) is 28.2 Å². The van der Waals surface area contributed by atoms with Gasteiger partial charge in [-0.05, 0) is 25.0 Å². The number of nitrogens with one attached hydrogen (secondary N) is 2. The molecule has 1 aromatic carbocycles. The average Bonchev–Trinajstić information content (AvgIpc) is 2.46. The highest BCUT2D eigenvalue weighted by Gasteiger charge is 2.16. The predicted molar refractivity (Wildman–Crippen MR) is 80.7 cm³/mol. The SMILES string of the molecule is Cc1nc2c(c(NCc3ccccc3C)n1)CNCC2. The third kappa shape index (κ3) is 2.65. The Morgan fingerprint density at radius 1 is 1.20 bits per heavy atom. The van der Waals surface area contributed by atoms with E-state index in [1.54, 1.807) is 0 Å². The zero-order valence-corrected chi connectivity index (χ0v) is 12.0. The minimum Gasteiger partial charge on any atom is -0.366 e. The predicted octanol–water partition coefficient (Wildman–Crippen LogP) is 2.35. The van der Waals surface area contributed by atoms with Crippen LogP contribution in [0.5, 0.6) is 0 Å². The summed E-state index contributed by atoms with van der Waals surface area (Å²) in [7, 11) is 0. The first kappa shape index (κ1) is 13.1. The van der Waals surface area contributed by atoms with Crippen molar-refractivity contribution in [2.24, 2.45) is 0 Å². The van der Waals surface area contributed by atoms with Crippen molar-refractivity contribution < 1.29 is 0 Å². The molecule has 0 fully saturated rings. The summed E-state index contributed by atoms with van der Waals surface area (Å²) < 4.78 is 0. The third-order valence-corrected chi connectivity index (χ3v) is 3.75. The van der Waals surface area contributed by atoms with Crippen LogP contribution in [0.4, 0.5) is 5.82 Å². The first-order valence-corrected chi connectivity index (χ1v) is 7.09. The van der Waals surface area contributed by atoms with E-state index in [0.29, 0.717) is 0 Å². The smallest absolute Gasteiger partial charge is 0.134 e. The van der Waals surface area contributed by atoms with Gasteiger partial charge in [0.1, 0.15) is 11.6 Å². The van der Waals surface area contributed by atoms with Gasteiger partial charge in [0.25, 0.3) is 0 Å². The Labute approximate surface area is 119 Å². The molecular weight excluding hydrogens is 248 g/mol. The largest absolute Gasteiger partial charge is 0.366 e. The van der Waals surface area contributed by atoms with Crippen LogP contribution in [0.3, 0.4) is 0 Å². The molecule has 0 radical (unpaired) electrons. The van der Waals surface area contributed by atoms with Crippen molar-refractivity contribution in [3.63, 3.8) is 0 Å². The van der Waals surface area contributed by atoms with E-state index in [1.165, 1.54) is 22.4 Å². The van der Waals surface area contributed by atoms with Crippen molar-refractivity contribution in [2.45, 2.75) is 33.4 Å². The molecular formula is C16H20N4. The molecule has 0 bridgehead atoms. The molecule has 2 N–H and O–H groups in total. The van der Waals surface area contributed by atoms with E-state index in [0.717, 1.165) is 37.7 Å². The zero-order valence-electron chi connectivity index (χ0n) is 12.0. The number of nitrogens with zero attached hydrogens (tertiary/aromatic N) is 2. The molecule has 4 nitrogen and oxygen atoms in total. The molecule has 3 rings (SSSR count). The lowest BCUT2D eigenvalue weighted by molar-refractivity contribution is 0.624. The highest BCUT2D eigenvalue weighted by Crippen LogP contribution is 2.21. The molecule has 20 heavy (non-hydrogen) atoms. The van der Waals surface area contributed by atoms with E-state index in [4.69, 9.17) is 0 Å². The third-order valence-electron chi connectivity index (χ3n) is 3.75. The van der Waals surface area contributed by atoms with Gasteiger partial charge in [-0.15, -0.1) is 0 Å². The van der Waals surface area contributed by atoms with Crippen LogP contribution < -0.4 is 10.6 Å². The van der Waals surface area contributed by atoms with Crippen LogP contribution in [0.2, 0.25) is 0 Å². The van der Waals surface area contributed by atoms with E-state index < -0.39 is 0 Å². The molecule has 2 heterocycles. The fraction of sp³-hybridized carbons (Fsp3) is 0.375. The molecule has 1 aliphatic heterocycles. The summed E-state index contributed by atoms with van der Waals surface area (Å²) in [5.74, 6) is 1.82. The maximum atomic E-state index is 4.57. The summed E-state index contributed by atoms with van der Waals surface area (Å²) >= 11 is 0. The van der Waals surface area contributed by atoms with Gasteiger partial charge in [-0.3, -0.25) is 0 Å². The minimum atomic E-state index is 0.801. The highest BCUT2D eigenvalue weighted by atomic mass is 15.1. The molecule has 1 aromatic heterocycles. The fourth-order valence-corrected chi connectivity index (χ4v) is 2.60. The van der Waals surface area contributed by atoms with Gasteiger partial charge in [0.15, 0.2) is 0 Å². The second-order valence-electron chi connectivity index (χ2n) is 5.25. The van der Waals surface area contributed by atoms with Crippen molar-refractivity contribution in [3.8, 4) is 0 Å². The van der Waals surface area contributed by atoms with Crippen LogP contribution in [0, 0.1) is 13.8 Å². The van der Waals surface area contributed by atoms with Crippen molar-refractivity contribution >= 4 is 5.82 Å². The van der Waals surface area contributed by atoms with Crippen LogP contribution >= 0.6 is 0 Å². The van der Waals surface area contributed by atoms with Crippen molar-refractivity contribution in [3.05, 3.63) is 52.5 Å². The molecule has 1 aliphatic rings. The van der Waals surface area contributed by atoms with Crippen LogP contribution in [0.15, 0.2) is 24.3 Å². The lowest BCUT2D eigenvalue weighted by Gasteiger charge is -2.20. The summed E-state index contributed by atoms with van der Waals surface area (Å²) in [4.78, 5) is 9.12. The molecule has 104 valence electrons. The van der Waals surface area contributed by atoms with E-state index in [2.05, 4.69) is 51.8 Å². The Kier molecular flexibility index (Phi) is 3.65. The van der Waals surface area contributed by atoms with Gasteiger partial charge in [-0.25, -0.2) is 9.97 Å². The fourth-order valence-electron chi connectivity index (χ4n) is 2.60. The summed E-state index contributed by atoms with van der Waals surface area (Å²) in [5.41, 5.74) is 5.01. The Bertz CT molecular complexity index is 622. The van der Waals surface area contributed by atoms with Gasteiger partial charge in [-0.2, -0.15) is 0 Å². The zero-order chi connectivity index (χ0) is 13.9. The average molecular weight is 268 g/mol. The molecule has 0 unspecified atom stereocenters. The highest BCUT2D eigenvalue weighted by molar-refractivity contribution is 5.48. The van der Waals surface area contributed by atoms with E-state index >= 15 is 0 Å². The number of benzene rings is 1. The monoisotopic (exact) mass is 268 g/mol. The summed E-state index contributed by atoms with van der Waals surface area (Å²) in [6, 6.07) is 8.44. The molecule has 2 aromatic rings. The number of aryl methyl sites for hydroxylation is 2. The Morgan fingerprint density at radius 2 is 2.05 bits per heavy atom. The van der Waals surface area contributed by atoms with Crippen LogP contribution in [-0.2, 0) is 19.5 Å². The summed E-state index contributed by atoms with van der Waals surface area (Å²) in [5, 5.41) is 6.87. The van der Waals surface area contributed by atoms with Gasteiger partial charge < -0.3 is 10.6 Å². The molecule has 4 heteroatoms. The maximum Gasteiger partial charge on any atom is 0.134 e. The van der Waals surface area contributed by atoms with E-state index in [9.17, 15) is 0 Å². The van der Waals surface area contributed by atoms with Gasteiger partial charge >= 0.3 is 0 Å². The lowest BCUT2D eigenvalue weighted by atomic mass is 10.1. The van der Waals surface area contributed by atoms with Crippen molar-refractivity contribution in [1.29, 1.82) is 0 Å². The van der Waals surface area contributed by atoms with Gasteiger partial charge in [0.05, 0.1) is 5.69 Å². The second-order valence-corrected chi connectivity index (χ2v) is 5.25. The van der Waals surface area contributed by atoms with E-state index in [1.807, 2.05) is 6.92 Å². The number of hydrogen-bond donors (Lipinski definition) is 2. The second kappa shape index (κ2) is 5.59. The van der Waals surface area contributed by atoms with Crippen molar-refractivity contribution in [1.82, 2.24) is 15.3 Å². The summed E-state index contributed by atoms with van der Waals surface area (Å²) in [6.07, 6.45) is 0.984. The minimum absolute atomic E-state index is 0.801. The van der Waals surface area contributed by atoms with Gasteiger partial charge in [0.2, 0.25) is 0 Å². The quantitative estimate of drug-likeness (QED) is 0.897. The number of hydrogen-bond acceptors (Lipinski definition) is 4. The van der Waals surface area contributed by atoms with Gasteiger partial charge in [-0.1, -0.05) is 24.3 Å². The molecule has 0 aliphatic carbocycles. The normalized spacial score (nSPS) is 13.9. The lowest BCUT2D eigenvalue weighted by Crippen LogP contribution is -2.26. The number of anilines is 1.